The van der Waals surface area contributed by atoms with Gasteiger partial charge in [0.2, 0.25) is 0 Å². The van der Waals surface area contributed by atoms with Gasteiger partial charge >= 0.3 is 27.7 Å². The summed E-state index contributed by atoms with van der Waals surface area (Å²) in [5.74, 6) is 0.227. The Morgan fingerprint density at radius 1 is 1.10 bits per heavy atom. The van der Waals surface area contributed by atoms with Crippen LogP contribution in [-0.2, 0) is 26.5 Å². The first kappa shape index (κ1) is 22.9. The largest absolute Gasteiger partial charge is 3.00 e. The summed E-state index contributed by atoms with van der Waals surface area (Å²) >= 11 is 0. The first-order chi connectivity index (χ1) is 8.72. The number of carboxylic acid groups (broad SMARTS) is 1. The maximum Gasteiger partial charge on any atom is 3.00 e. The van der Waals surface area contributed by atoms with E-state index in [0.717, 1.165) is 0 Å². The molecule has 113 valence electrons. The number of carbonyl (C=O) groups is 1. The minimum atomic E-state index is -1.22. The summed E-state index contributed by atoms with van der Waals surface area (Å²) < 4.78 is 0. The van der Waals surface area contributed by atoms with Crippen LogP contribution >= 0.6 is 0 Å². The second kappa shape index (κ2) is 11.3. The molecule has 0 fully saturated rings. The molecule has 0 unspecified atom stereocenters. The van der Waals surface area contributed by atoms with E-state index in [4.69, 9.17) is 9.90 Å². The quantitative estimate of drug-likeness (QED) is 0.298. The number of carboxylic acids is 1. The number of aliphatic carboxylic acids is 1. The number of allylic oxidation sites excluding steroid dienone is 4. The van der Waals surface area contributed by atoms with Crippen LogP contribution in [0.15, 0.2) is 22.3 Å². The van der Waals surface area contributed by atoms with E-state index in [-0.39, 0.29) is 46.5 Å². The van der Waals surface area contributed by atoms with E-state index >= 15 is 0 Å². The van der Waals surface area contributed by atoms with Crippen molar-refractivity contribution in [3.05, 3.63) is 28.7 Å². The Hall–Kier alpha value is -0.326. The third-order valence-corrected chi connectivity index (χ3v) is 3.88. The van der Waals surface area contributed by atoms with Crippen molar-refractivity contribution in [3.8, 4) is 12.3 Å². The molecule has 0 heterocycles. The van der Waals surface area contributed by atoms with Gasteiger partial charge in [-0.2, -0.15) is 5.57 Å². The Labute approximate surface area is 154 Å². The molecule has 0 aromatic rings. The average molecular weight is 362 g/mol. The van der Waals surface area contributed by atoms with E-state index in [1.807, 2.05) is 0 Å². The van der Waals surface area contributed by atoms with Gasteiger partial charge < -0.3 is 29.9 Å². The number of fused-ring (bicyclic) bond motifs is 1. The number of halogens is 2. The molecule has 0 aromatic carbocycles. The van der Waals surface area contributed by atoms with Gasteiger partial charge in [0.25, 0.3) is 0 Å². The van der Waals surface area contributed by atoms with Gasteiger partial charge in [0.1, 0.15) is 0 Å². The Bertz CT molecular complexity index is 431. The van der Waals surface area contributed by atoms with Crippen molar-refractivity contribution < 1.29 is 56.4 Å². The van der Waals surface area contributed by atoms with Crippen molar-refractivity contribution in [2.24, 2.45) is 0 Å². The van der Waals surface area contributed by atoms with Crippen molar-refractivity contribution in [2.45, 2.75) is 51.4 Å². The first-order valence-corrected chi connectivity index (χ1v) is 6.68. The molecule has 1 radical (unpaired) electrons. The van der Waals surface area contributed by atoms with Crippen molar-refractivity contribution in [2.75, 3.05) is 0 Å². The molecule has 0 aromatic heterocycles. The van der Waals surface area contributed by atoms with E-state index in [2.05, 4.69) is 12.8 Å². The Kier molecular flexibility index (Phi) is 12.3. The number of rotatable bonds is 0. The van der Waals surface area contributed by atoms with Crippen LogP contribution in [0, 0.1) is 18.8 Å². The van der Waals surface area contributed by atoms with Crippen molar-refractivity contribution in [1.29, 1.82) is 0 Å². The van der Waals surface area contributed by atoms with E-state index < -0.39 is 5.97 Å². The Morgan fingerprint density at radius 3 is 2.29 bits per heavy atom. The molecule has 21 heavy (non-hydrogen) atoms. The van der Waals surface area contributed by atoms with Gasteiger partial charge in [-0.15, -0.1) is 18.4 Å². The van der Waals surface area contributed by atoms with Gasteiger partial charge in [-0.05, 0) is 25.7 Å². The van der Waals surface area contributed by atoms with Gasteiger partial charge in [0.05, 0.1) is 0 Å². The zero-order valence-corrected chi connectivity index (χ0v) is 15.0. The van der Waals surface area contributed by atoms with Gasteiger partial charge in [-0.3, -0.25) is 0 Å². The smallest absolute Gasteiger partial charge is 1.00 e. The minimum Gasteiger partial charge on any atom is -1.00 e. The molecule has 0 saturated heterocycles. The fourth-order valence-corrected chi connectivity index (χ4v) is 3.12. The van der Waals surface area contributed by atoms with Crippen molar-refractivity contribution >= 4 is 5.97 Å². The fourth-order valence-electron chi connectivity index (χ4n) is 3.12. The molecule has 1 N–H and O–H groups in total. The predicted molar refractivity (Wildman–Crippen MR) is 71.8 cm³/mol. The molecule has 2 nitrogen and oxygen atoms in total. The minimum absolute atomic E-state index is 0. The van der Waals surface area contributed by atoms with Crippen LogP contribution in [0.3, 0.4) is 0 Å². The number of hydrogen-bond acceptors (Lipinski definition) is 1. The standard InChI is InChI=1S/C13H17.C3H2O2.2ClH.Ti/c1-3-7-12-10(5-1)9-11-6-2-4-8-13(11)12;1-2-3(4)5;;;/h5H,1-4,6-9H2;1H,(H,4,5);2*1H;/q-1;;;;+3/p-2. The van der Waals surface area contributed by atoms with Crippen LogP contribution in [0.5, 0.6) is 0 Å². The van der Waals surface area contributed by atoms with Crippen LogP contribution in [0.2, 0.25) is 0 Å². The predicted octanol–water partition coefficient (Wildman–Crippen LogP) is -2.34. The molecular weight excluding hydrogens is 343 g/mol. The topological polar surface area (TPSA) is 37.3 Å². The molecule has 3 rings (SSSR count). The molecular formula is C16H19Cl2O2Ti. The summed E-state index contributed by atoms with van der Waals surface area (Å²) in [5.41, 5.74) is 7.06. The Balaban J connectivity index is 0. The molecule has 0 aliphatic heterocycles. The summed E-state index contributed by atoms with van der Waals surface area (Å²) in [4.78, 5) is 9.13. The summed E-state index contributed by atoms with van der Waals surface area (Å²) in [6, 6.07) is 0. The third-order valence-electron chi connectivity index (χ3n) is 3.88. The fraction of sp³-hybridized carbons (Fsp3) is 0.500. The summed E-state index contributed by atoms with van der Waals surface area (Å²) in [6.07, 6.45) is 17.9. The molecule has 0 bridgehead atoms. The molecule has 0 atom stereocenters. The molecule has 0 spiro atoms. The zero-order valence-electron chi connectivity index (χ0n) is 11.9. The van der Waals surface area contributed by atoms with Gasteiger partial charge in [-0.25, -0.2) is 16.8 Å². The molecule has 0 saturated carbocycles. The van der Waals surface area contributed by atoms with E-state index in [1.165, 1.54) is 57.3 Å². The van der Waals surface area contributed by atoms with E-state index in [1.54, 1.807) is 22.3 Å². The average Bonchev–Trinajstić information content (AvgIpc) is 2.78. The first-order valence-electron chi connectivity index (χ1n) is 6.68. The van der Waals surface area contributed by atoms with E-state index in [9.17, 15) is 0 Å². The molecule has 3 aliphatic rings. The maximum atomic E-state index is 9.13. The van der Waals surface area contributed by atoms with Crippen LogP contribution < -0.4 is 24.8 Å². The van der Waals surface area contributed by atoms with Crippen molar-refractivity contribution in [1.82, 2.24) is 0 Å². The van der Waals surface area contributed by atoms with Crippen LogP contribution in [0.1, 0.15) is 51.4 Å². The van der Waals surface area contributed by atoms with Gasteiger partial charge in [0.15, 0.2) is 0 Å². The van der Waals surface area contributed by atoms with Crippen LogP contribution in [0.25, 0.3) is 0 Å². The normalized spacial score (nSPS) is 18.0. The van der Waals surface area contributed by atoms with Crippen LogP contribution in [0.4, 0.5) is 0 Å². The number of terminal acetylenes is 1. The molecule has 3 aliphatic carbocycles. The SMILES string of the molecule is C#CC(=O)O.[CH-]1CCCC2=C1CC1=C2CCCC1.[Cl-].[Cl-].[Ti+3]. The van der Waals surface area contributed by atoms with Crippen molar-refractivity contribution in [3.63, 3.8) is 0 Å². The van der Waals surface area contributed by atoms with Gasteiger partial charge in [0, 0.05) is 5.92 Å². The maximum absolute atomic E-state index is 9.13. The van der Waals surface area contributed by atoms with E-state index in [0.29, 0.717) is 0 Å². The zero-order chi connectivity index (χ0) is 13.0. The molecule has 0 amide bonds. The monoisotopic (exact) mass is 361 g/mol. The second-order valence-electron chi connectivity index (χ2n) is 5.02. The summed E-state index contributed by atoms with van der Waals surface area (Å²) in [5, 5.41) is 7.49. The van der Waals surface area contributed by atoms with Crippen LogP contribution in [-0.4, -0.2) is 11.1 Å². The molecule has 5 heteroatoms. The second-order valence-corrected chi connectivity index (χ2v) is 5.02. The summed E-state index contributed by atoms with van der Waals surface area (Å²) in [6.45, 7) is 0. The van der Waals surface area contributed by atoms with Gasteiger partial charge in [-0.1, -0.05) is 24.8 Å². The third kappa shape index (κ3) is 6.13. The number of hydrogen-bond donors (Lipinski definition) is 1. The summed E-state index contributed by atoms with van der Waals surface area (Å²) in [7, 11) is 0. The Morgan fingerprint density at radius 2 is 1.67 bits per heavy atom.